The van der Waals surface area contributed by atoms with E-state index in [1.54, 1.807) is 31.3 Å². The van der Waals surface area contributed by atoms with E-state index in [-0.39, 0.29) is 11.7 Å². The maximum Gasteiger partial charge on any atom is 0.323 e. The van der Waals surface area contributed by atoms with Gasteiger partial charge in [-0.3, -0.25) is 9.78 Å². The first-order valence-electron chi connectivity index (χ1n) is 7.56. The van der Waals surface area contributed by atoms with Crippen molar-refractivity contribution in [2.24, 2.45) is 0 Å². The van der Waals surface area contributed by atoms with Crippen molar-refractivity contribution in [2.75, 3.05) is 13.2 Å². The molecule has 2 aromatic rings. The van der Waals surface area contributed by atoms with Crippen LogP contribution in [0.2, 0.25) is 0 Å². The number of terminal acetylenes is 1. The molecule has 0 saturated heterocycles. The first-order valence-corrected chi connectivity index (χ1v) is 7.56. The van der Waals surface area contributed by atoms with E-state index < -0.39 is 6.04 Å². The van der Waals surface area contributed by atoms with Crippen LogP contribution in [0.15, 0.2) is 30.5 Å². The number of nitrogens with zero attached hydrogens (tertiary/aromatic N) is 1. The van der Waals surface area contributed by atoms with Crippen LogP contribution in [-0.2, 0) is 16.0 Å². The summed E-state index contributed by atoms with van der Waals surface area (Å²) in [5, 5.41) is 13.9. The van der Waals surface area contributed by atoms with Crippen LogP contribution in [0.4, 0.5) is 0 Å². The Labute approximate surface area is 135 Å². The molecule has 1 heterocycles. The molecule has 2 rings (SSSR count). The summed E-state index contributed by atoms with van der Waals surface area (Å²) in [7, 11) is 0. The van der Waals surface area contributed by atoms with Crippen molar-refractivity contribution in [1.29, 1.82) is 0 Å². The zero-order chi connectivity index (χ0) is 16.7. The summed E-state index contributed by atoms with van der Waals surface area (Å²) in [6.45, 7) is 2.63. The molecule has 1 aromatic heterocycles. The van der Waals surface area contributed by atoms with E-state index >= 15 is 0 Å². The number of pyridine rings is 1. The van der Waals surface area contributed by atoms with Crippen molar-refractivity contribution in [2.45, 2.75) is 25.8 Å². The molecule has 0 aliphatic rings. The van der Waals surface area contributed by atoms with Gasteiger partial charge in [0.25, 0.3) is 0 Å². The minimum atomic E-state index is -0.490. The molecule has 0 aliphatic heterocycles. The molecular formula is C18H20N2O3. The van der Waals surface area contributed by atoms with E-state index in [0.717, 1.165) is 10.9 Å². The van der Waals surface area contributed by atoms with Crippen LogP contribution >= 0.6 is 0 Å². The van der Waals surface area contributed by atoms with Gasteiger partial charge in [0.1, 0.15) is 17.3 Å². The second-order valence-corrected chi connectivity index (χ2v) is 5.06. The molecule has 0 fully saturated rings. The van der Waals surface area contributed by atoms with Crippen molar-refractivity contribution >= 4 is 16.9 Å². The standard InChI is InChI=1S/C18H20N2O3/c1-3-5-10-19-15(18(22)23-4-2)12-13-8-9-16(21)17-14(13)7-6-11-20-17/h1,6-9,11,15,19,21H,4-5,10,12H2,2H3. The van der Waals surface area contributed by atoms with Crippen molar-refractivity contribution in [3.05, 3.63) is 36.0 Å². The number of phenolic OH excluding ortho intramolecular Hbond substituents is 1. The number of hydrogen-bond donors (Lipinski definition) is 2. The summed E-state index contributed by atoms with van der Waals surface area (Å²) in [5.41, 5.74) is 1.44. The summed E-state index contributed by atoms with van der Waals surface area (Å²) in [6, 6.07) is 6.58. The van der Waals surface area contributed by atoms with Gasteiger partial charge >= 0.3 is 5.97 Å². The van der Waals surface area contributed by atoms with Gasteiger partial charge in [-0.05, 0) is 31.0 Å². The maximum atomic E-state index is 12.1. The molecule has 1 unspecified atom stereocenters. The fourth-order valence-corrected chi connectivity index (χ4v) is 2.41. The van der Waals surface area contributed by atoms with E-state index in [1.165, 1.54) is 0 Å². The first kappa shape index (κ1) is 16.8. The number of aromatic nitrogens is 1. The third kappa shape index (κ3) is 4.21. The number of esters is 1. The van der Waals surface area contributed by atoms with Gasteiger partial charge in [-0.1, -0.05) is 12.1 Å². The predicted octanol–water partition coefficient (Wildman–Crippen LogP) is 2.03. The van der Waals surface area contributed by atoms with Crippen LogP contribution in [0.1, 0.15) is 18.9 Å². The quantitative estimate of drug-likeness (QED) is 0.465. The Bertz CT molecular complexity index is 722. The minimum Gasteiger partial charge on any atom is -0.506 e. The van der Waals surface area contributed by atoms with Crippen LogP contribution in [0.3, 0.4) is 0 Å². The molecule has 0 amide bonds. The fraction of sp³-hybridized carbons (Fsp3) is 0.333. The number of nitrogens with one attached hydrogen (secondary N) is 1. The summed E-state index contributed by atoms with van der Waals surface area (Å²) in [6.07, 6.45) is 7.85. The van der Waals surface area contributed by atoms with E-state index in [0.29, 0.717) is 31.5 Å². The Morgan fingerprint density at radius 3 is 3.04 bits per heavy atom. The predicted molar refractivity (Wildman–Crippen MR) is 89.0 cm³/mol. The Morgan fingerprint density at radius 2 is 2.30 bits per heavy atom. The van der Waals surface area contributed by atoms with Crippen LogP contribution in [0.25, 0.3) is 10.9 Å². The van der Waals surface area contributed by atoms with E-state index in [1.807, 2.05) is 6.07 Å². The molecule has 0 aliphatic carbocycles. The monoisotopic (exact) mass is 312 g/mol. The minimum absolute atomic E-state index is 0.123. The number of aromatic hydroxyl groups is 1. The van der Waals surface area contributed by atoms with E-state index in [4.69, 9.17) is 11.2 Å². The third-order valence-corrected chi connectivity index (χ3v) is 3.49. The summed E-state index contributed by atoms with van der Waals surface area (Å²) < 4.78 is 5.12. The number of benzene rings is 1. The first-order chi connectivity index (χ1) is 11.2. The molecule has 0 radical (unpaired) electrons. The summed E-state index contributed by atoms with van der Waals surface area (Å²) in [5.74, 6) is 2.35. The van der Waals surface area contributed by atoms with E-state index in [9.17, 15) is 9.90 Å². The van der Waals surface area contributed by atoms with Crippen LogP contribution in [-0.4, -0.2) is 35.3 Å². The van der Waals surface area contributed by atoms with Gasteiger partial charge in [0.15, 0.2) is 0 Å². The largest absolute Gasteiger partial charge is 0.506 e. The lowest BCUT2D eigenvalue weighted by molar-refractivity contribution is -0.145. The smallest absolute Gasteiger partial charge is 0.323 e. The van der Waals surface area contributed by atoms with Crippen molar-refractivity contribution < 1.29 is 14.6 Å². The fourth-order valence-electron chi connectivity index (χ4n) is 2.41. The second-order valence-electron chi connectivity index (χ2n) is 5.06. The van der Waals surface area contributed by atoms with Gasteiger partial charge in [-0.15, -0.1) is 12.3 Å². The normalized spacial score (nSPS) is 11.8. The van der Waals surface area contributed by atoms with Crippen LogP contribution in [0, 0.1) is 12.3 Å². The zero-order valence-corrected chi connectivity index (χ0v) is 13.1. The zero-order valence-electron chi connectivity index (χ0n) is 13.1. The Balaban J connectivity index is 2.26. The van der Waals surface area contributed by atoms with Gasteiger partial charge < -0.3 is 15.2 Å². The van der Waals surface area contributed by atoms with Crippen LogP contribution < -0.4 is 5.32 Å². The molecule has 1 atom stereocenters. The average Bonchev–Trinajstić information content (AvgIpc) is 2.56. The van der Waals surface area contributed by atoms with Gasteiger partial charge in [0.2, 0.25) is 0 Å². The number of phenols is 1. The molecule has 0 saturated carbocycles. The highest BCUT2D eigenvalue weighted by molar-refractivity contribution is 5.88. The lowest BCUT2D eigenvalue weighted by Gasteiger charge is -2.18. The summed E-state index contributed by atoms with van der Waals surface area (Å²) >= 11 is 0. The molecular weight excluding hydrogens is 292 g/mol. The highest BCUT2D eigenvalue weighted by atomic mass is 16.5. The Kier molecular flexibility index (Phi) is 5.95. The van der Waals surface area contributed by atoms with Crippen LogP contribution in [0.5, 0.6) is 5.75 Å². The lowest BCUT2D eigenvalue weighted by Crippen LogP contribution is -2.40. The van der Waals surface area contributed by atoms with Gasteiger partial charge in [-0.25, -0.2) is 0 Å². The number of hydrogen-bond acceptors (Lipinski definition) is 5. The third-order valence-electron chi connectivity index (χ3n) is 3.49. The highest BCUT2D eigenvalue weighted by Gasteiger charge is 2.21. The highest BCUT2D eigenvalue weighted by Crippen LogP contribution is 2.26. The van der Waals surface area contributed by atoms with Gasteiger partial charge in [-0.2, -0.15) is 0 Å². The van der Waals surface area contributed by atoms with E-state index in [2.05, 4.69) is 16.2 Å². The van der Waals surface area contributed by atoms with Crippen molar-refractivity contribution in [1.82, 2.24) is 10.3 Å². The lowest BCUT2D eigenvalue weighted by atomic mass is 10.0. The molecule has 2 N–H and O–H groups in total. The second kappa shape index (κ2) is 8.16. The number of carbonyl (C=O) groups is 1. The average molecular weight is 312 g/mol. The Hall–Kier alpha value is -2.58. The number of carbonyl (C=O) groups excluding carboxylic acids is 1. The molecule has 5 heteroatoms. The SMILES string of the molecule is C#CCCNC(Cc1ccc(O)c2ncccc12)C(=O)OCC. The maximum absolute atomic E-state index is 12.1. The number of ether oxygens (including phenoxy) is 1. The molecule has 0 spiro atoms. The molecule has 1 aromatic carbocycles. The van der Waals surface area contributed by atoms with Crippen molar-refractivity contribution in [3.63, 3.8) is 0 Å². The molecule has 23 heavy (non-hydrogen) atoms. The Morgan fingerprint density at radius 1 is 1.48 bits per heavy atom. The van der Waals surface area contributed by atoms with Gasteiger partial charge in [0, 0.05) is 24.5 Å². The number of fused-ring (bicyclic) bond motifs is 1. The number of rotatable bonds is 7. The topological polar surface area (TPSA) is 71.5 Å². The molecule has 0 bridgehead atoms. The van der Waals surface area contributed by atoms with Gasteiger partial charge in [0.05, 0.1) is 6.61 Å². The molecule has 5 nitrogen and oxygen atoms in total. The van der Waals surface area contributed by atoms with Crippen molar-refractivity contribution in [3.8, 4) is 18.1 Å². The molecule has 120 valence electrons. The summed E-state index contributed by atoms with van der Waals surface area (Å²) in [4.78, 5) is 16.3.